The molecule has 0 spiro atoms. The summed E-state index contributed by atoms with van der Waals surface area (Å²) >= 11 is 2.56. The Labute approximate surface area is 146 Å². The molecule has 0 aliphatic rings. The minimum atomic E-state index is -0.282. The zero-order valence-electron chi connectivity index (χ0n) is 12.9. The first kappa shape index (κ1) is 16.7. The Balaban J connectivity index is 1.54. The van der Waals surface area contributed by atoms with Crippen molar-refractivity contribution in [3.05, 3.63) is 57.7 Å². The number of nitrogens with zero attached hydrogens (tertiary/aromatic N) is 2. The van der Waals surface area contributed by atoms with E-state index >= 15 is 0 Å². The first-order valence-corrected chi connectivity index (χ1v) is 9.03. The zero-order chi connectivity index (χ0) is 16.9. The summed E-state index contributed by atoms with van der Waals surface area (Å²) in [7, 11) is 1.65. The SMILES string of the molecule is Cn1c(SCC(=O)NOCc2ccccc2)nc2ccsc2c1=O. The zero-order valence-corrected chi connectivity index (χ0v) is 14.5. The molecule has 0 bridgehead atoms. The molecule has 0 saturated carbocycles. The van der Waals surface area contributed by atoms with Crippen LogP contribution in [0.3, 0.4) is 0 Å². The van der Waals surface area contributed by atoms with Crippen LogP contribution in [0, 0.1) is 0 Å². The summed E-state index contributed by atoms with van der Waals surface area (Å²) in [6, 6.07) is 11.4. The molecule has 124 valence electrons. The lowest BCUT2D eigenvalue weighted by Gasteiger charge is -2.08. The largest absolute Gasteiger partial charge is 0.290 e. The lowest BCUT2D eigenvalue weighted by Crippen LogP contribution is -2.26. The van der Waals surface area contributed by atoms with Gasteiger partial charge in [0.05, 0.1) is 17.9 Å². The number of hydrogen-bond acceptors (Lipinski definition) is 6. The molecule has 0 saturated heterocycles. The average molecular weight is 361 g/mol. The predicted octanol–water partition coefficient (Wildman–Crippen LogP) is 2.34. The van der Waals surface area contributed by atoms with E-state index in [-0.39, 0.29) is 17.2 Å². The number of carbonyl (C=O) groups is 1. The van der Waals surface area contributed by atoms with Gasteiger partial charge in [0, 0.05) is 7.05 Å². The van der Waals surface area contributed by atoms with Crippen molar-refractivity contribution in [2.75, 3.05) is 5.75 Å². The van der Waals surface area contributed by atoms with Crippen LogP contribution < -0.4 is 11.0 Å². The van der Waals surface area contributed by atoms with Gasteiger partial charge in [0.2, 0.25) is 0 Å². The summed E-state index contributed by atoms with van der Waals surface area (Å²) in [4.78, 5) is 33.6. The van der Waals surface area contributed by atoms with Crippen molar-refractivity contribution in [2.45, 2.75) is 11.8 Å². The van der Waals surface area contributed by atoms with E-state index in [1.807, 2.05) is 35.7 Å². The highest BCUT2D eigenvalue weighted by molar-refractivity contribution is 7.99. The van der Waals surface area contributed by atoms with Gasteiger partial charge < -0.3 is 0 Å². The number of fused-ring (bicyclic) bond motifs is 1. The van der Waals surface area contributed by atoms with Crippen LogP contribution in [0.4, 0.5) is 0 Å². The number of carbonyl (C=O) groups excluding carboxylic acids is 1. The minimum absolute atomic E-state index is 0.0989. The Hall–Kier alpha value is -2.16. The fourth-order valence-corrected chi connectivity index (χ4v) is 3.59. The van der Waals surface area contributed by atoms with E-state index in [4.69, 9.17) is 4.84 Å². The second kappa shape index (κ2) is 7.61. The Morgan fingerprint density at radius 1 is 1.33 bits per heavy atom. The van der Waals surface area contributed by atoms with Crippen LogP contribution in [0.25, 0.3) is 10.2 Å². The molecule has 2 aromatic heterocycles. The maximum Gasteiger partial charge on any atom is 0.271 e. The van der Waals surface area contributed by atoms with Gasteiger partial charge in [-0.05, 0) is 17.0 Å². The molecule has 24 heavy (non-hydrogen) atoms. The highest BCUT2D eigenvalue weighted by Gasteiger charge is 2.11. The fourth-order valence-electron chi connectivity index (χ4n) is 2.03. The van der Waals surface area contributed by atoms with Gasteiger partial charge in [-0.2, -0.15) is 0 Å². The first-order valence-electron chi connectivity index (χ1n) is 7.17. The number of thioether (sulfide) groups is 1. The summed E-state index contributed by atoms with van der Waals surface area (Å²) in [5.41, 5.74) is 3.92. The van der Waals surface area contributed by atoms with Crippen molar-refractivity contribution in [3.8, 4) is 0 Å². The molecule has 3 aromatic rings. The standard InChI is InChI=1S/C16H15N3O3S2/c1-19-15(21)14-12(7-8-23-14)17-16(19)24-10-13(20)18-22-9-11-5-3-2-4-6-11/h2-8H,9-10H2,1H3,(H,18,20). The normalized spacial score (nSPS) is 10.9. The molecule has 2 heterocycles. The molecular formula is C16H15N3O3S2. The van der Waals surface area contributed by atoms with E-state index in [9.17, 15) is 9.59 Å². The fraction of sp³-hybridized carbons (Fsp3) is 0.188. The van der Waals surface area contributed by atoms with Gasteiger partial charge in [-0.1, -0.05) is 42.1 Å². The Morgan fingerprint density at radius 2 is 2.12 bits per heavy atom. The third-order valence-electron chi connectivity index (χ3n) is 3.25. The van der Waals surface area contributed by atoms with Gasteiger partial charge in [0.25, 0.3) is 11.5 Å². The Morgan fingerprint density at radius 3 is 2.92 bits per heavy atom. The van der Waals surface area contributed by atoms with Crippen LogP contribution >= 0.6 is 23.1 Å². The summed E-state index contributed by atoms with van der Waals surface area (Å²) in [6.07, 6.45) is 0. The number of rotatable bonds is 6. The molecule has 0 fully saturated rings. The number of aromatic nitrogens is 2. The second-order valence-corrected chi connectivity index (χ2v) is 6.84. The van der Waals surface area contributed by atoms with E-state index < -0.39 is 0 Å². The highest BCUT2D eigenvalue weighted by Crippen LogP contribution is 2.19. The van der Waals surface area contributed by atoms with Crippen molar-refractivity contribution in [1.29, 1.82) is 0 Å². The molecule has 0 atom stereocenters. The summed E-state index contributed by atoms with van der Waals surface area (Å²) in [5, 5.41) is 2.33. The average Bonchev–Trinajstić information content (AvgIpc) is 3.06. The van der Waals surface area contributed by atoms with Gasteiger partial charge >= 0.3 is 0 Å². The third kappa shape index (κ3) is 3.84. The minimum Gasteiger partial charge on any atom is -0.290 e. The van der Waals surface area contributed by atoms with Crippen molar-refractivity contribution in [2.24, 2.45) is 7.05 Å². The van der Waals surface area contributed by atoms with Crippen LogP contribution in [0.5, 0.6) is 0 Å². The molecule has 0 radical (unpaired) electrons. The number of benzene rings is 1. The summed E-state index contributed by atoms with van der Waals surface area (Å²) in [5.74, 6) is -0.166. The monoisotopic (exact) mass is 361 g/mol. The van der Waals surface area contributed by atoms with Crippen LogP contribution in [0.15, 0.2) is 51.7 Å². The first-order chi connectivity index (χ1) is 11.6. The second-order valence-electron chi connectivity index (χ2n) is 4.98. The molecule has 1 N–H and O–H groups in total. The van der Waals surface area contributed by atoms with Gasteiger partial charge in [0.1, 0.15) is 4.70 Å². The van der Waals surface area contributed by atoms with Crippen LogP contribution in [0.1, 0.15) is 5.56 Å². The molecule has 8 heteroatoms. The maximum absolute atomic E-state index is 12.2. The molecule has 1 aromatic carbocycles. The molecule has 1 amide bonds. The van der Waals surface area contributed by atoms with Gasteiger partial charge in [-0.25, -0.2) is 10.5 Å². The number of hydroxylamine groups is 1. The smallest absolute Gasteiger partial charge is 0.271 e. The predicted molar refractivity (Wildman–Crippen MR) is 95.0 cm³/mol. The topological polar surface area (TPSA) is 73.2 Å². The number of thiophene rings is 1. The number of amides is 1. The van der Waals surface area contributed by atoms with Crippen LogP contribution in [-0.2, 0) is 23.3 Å². The Kier molecular flexibility index (Phi) is 5.29. The lowest BCUT2D eigenvalue weighted by atomic mass is 10.2. The molecule has 3 rings (SSSR count). The van der Waals surface area contributed by atoms with E-state index in [0.29, 0.717) is 22.0 Å². The quantitative estimate of drug-likeness (QED) is 0.414. The van der Waals surface area contributed by atoms with Gasteiger partial charge in [-0.15, -0.1) is 11.3 Å². The molecule has 0 aliphatic heterocycles. The molecule has 6 nitrogen and oxygen atoms in total. The van der Waals surface area contributed by atoms with Crippen molar-refractivity contribution < 1.29 is 9.63 Å². The van der Waals surface area contributed by atoms with E-state index in [1.54, 1.807) is 13.1 Å². The van der Waals surface area contributed by atoms with E-state index in [2.05, 4.69) is 10.5 Å². The van der Waals surface area contributed by atoms with Crippen LogP contribution in [0.2, 0.25) is 0 Å². The van der Waals surface area contributed by atoms with Crippen LogP contribution in [-0.4, -0.2) is 21.2 Å². The van der Waals surface area contributed by atoms with Crippen molar-refractivity contribution >= 4 is 39.2 Å². The van der Waals surface area contributed by atoms with Gasteiger partial charge in [0.15, 0.2) is 5.16 Å². The maximum atomic E-state index is 12.2. The van der Waals surface area contributed by atoms with Crippen molar-refractivity contribution in [1.82, 2.24) is 15.0 Å². The lowest BCUT2D eigenvalue weighted by molar-refractivity contribution is -0.131. The van der Waals surface area contributed by atoms with Crippen molar-refractivity contribution in [3.63, 3.8) is 0 Å². The summed E-state index contributed by atoms with van der Waals surface area (Å²) in [6.45, 7) is 0.300. The highest BCUT2D eigenvalue weighted by atomic mass is 32.2. The molecule has 0 unspecified atom stereocenters. The molecule has 0 aliphatic carbocycles. The Bertz CT molecular complexity index is 906. The summed E-state index contributed by atoms with van der Waals surface area (Å²) < 4.78 is 2.08. The van der Waals surface area contributed by atoms with E-state index in [0.717, 1.165) is 5.56 Å². The molecular weight excluding hydrogens is 346 g/mol. The number of hydrogen-bond donors (Lipinski definition) is 1. The van der Waals surface area contributed by atoms with Gasteiger partial charge in [-0.3, -0.25) is 19.0 Å². The number of nitrogens with one attached hydrogen (secondary N) is 1. The van der Waals surface area contributed by atoms with E-state index in [1.165, 1.54) is 27.7 Å². The third-order valence-corrected chi connectivity index (χ3v) is 5.17.